The maximum atomic E-state index is 12.2. The Kier molecular flexibility index (Phi) is 6.58. The van der Waals surface area contributed by atoms with Crippen molar-refractivity contribution in [2.24, 2.45) is 5.92 Å². The summed E-state index contributed by atoms with van der Waals surface area (Å²) in [6.07, 6.45) is 2.78. The molecule has 0 saturated heterocycles. The number of nitrogens with one attached hydrogen (secondary N) is 1. The van der Waals surface area contributed by atoms with Crippen LogP contribution in [0, 0.1) is 5.92 Å². The van der Waals surface area contributed by atoms with Crippen molar-refractivity contribution in [1.82, 2.24) is 5.32 Å². The molecule has 1 aromatic carbocycles. The summed E-state index contributed by atoms with van der Waals surface area (Å²) in [6.45, 7) is 4.19. The Morgan fingerprint density at radius 2 is 2.06 bits per heavy atom. The van der Waals surface area contributed by atoms with Crippen LogP contribution in [0.4, 0.5) is 0 Å². The molecular formula is C14H20ClNOS. The van der Waals surface area contributed by atoms with Crippen molar-refractivity contribution in [2.45, 2.75) is 31.2 Å². The minimum Gasteiger partial charge on any atom is -0.349 e. The van der Waals surface area contributed by atoms with Gasteiger partial charge in [-0.2, -0.15) is 0 Å². The van der Waals surface area contributed by atoms with Crippen molar-refractivity contribution >= 4 is 29.3 Å². The number of carbonyl (C=O) groups is 1. The molecule has 4 heteroatoms. The van der Waals surface area contributed by atoms with Gasteiger partial charge in [-0.25, -0.2) is 0 Å². The molecule has 1 unspecified atom stereocenters. The molecule has 0 bridgehead atoms. The molecule has 1 atom stereocenters. The average Bonchev–Trinajstić information content (AvgIpc) is 2.37. The average molecular weight is 286 g/mol. The van der Waals surface area contributed by atoms with E-state index in [1.54, 1.807) is 11.8 Å². The van der Waals surface area contributed by atoms with Crippen LogP contribution in [0.25, 0.3) is 0 Å². The molecule has 0 aromatic heterocycles. The highest BCUT2D eigenvalue weighted by Gasteiger charge is 2.18. The number of thioether (sulfide) groups is 1. The maximum absolute atomic E-state index is 12.2. The molecule has 1 amide bonds. The van der Waals surface area contributed by atoms with Crippen molar-refractivity contribution in [1.29, 1.82) is 0 Å². The molecule has 18 heavy (non-hydrogen) atoms. The molecule has 0 fully saturated rings. The Morgan fingerprint density at radius 3 is 2.61 bits per heavy atom. The van der Waals surface area contributed by atoms with Crippen LogP contribution in [0.15, 0.2) is 29.2 Å². The standard InChI is InChI=1S/C14H20ClNOS/c1-10(2)12(8-9-15)16-14(17)11-6-4-5-7-13(11)18-3/h4-7,10,12H,8-9H2,1-3H3,(H,16,17). The summed E-state index contributed by atoms with van der Waals surface area (Å²) in [5, 5.41) is 3.07. The van der Waals surface area contributed by atoms with Crippen LogP contribution in [0.3, 0.4) is 0 Å². The third kappa shape index (κ3) is 4.21. The lowest BCUT2D eigenvalue weighted by molar-refractivity contribution is 0.0922. The molecule has 0 aliphatic rings. The highest BCUT2D eigenvalue weighted by atomic mass is 35.5. The molecule has 0 aliphatic heterocycles. The zero-order chi connectivity index (χ0) is 13.5. The summed E-state index contributed by atoms with van der Waals surface area (Å²) in [7, 11) is 0. The normalized spacial score (nSPS) is 12.5. The monoisotopic (exact) mass is 285 g/mol. The van der Waals surface area contributed by atoms with Gasteiger partial charge in [-0.05, 0) is 30.7 Å². The Morgan fingerprint density at radius 1 is 1.39 bits per heavy atom. The minimum atomic E-state index is -0.0104. The Hall–Kier alpha value is -0.670. The number of amides is 1. The van der Waals surface area contributed by atoms with Crippen molar-refractivity contribution < 1.29 is 4.79 Å². The first-order valence-corrected chi connectivity index (χ1v) is 7.86. The second-order valence-corrected chi connectivity index (χ2v) is 5.73. The summed E-state index contributed by atoms with van der Waals surface area (Å²) < 4.78 is 0. The fraction of sp³-hybridized carbons (Fsp3) is 0.500. The Balaban J connectivity index is 2.80. The first kappa shape index (κ1) is 15.4. The van der Waals surface area contributed by atoms with Crippen LogP contribution < -0.4 is 5.32 Å². The number of alkyl halides is 1. The van der Waals surface area contributed by atoms with Gasteiger partial charge in [0.1, 0.15) is 0 Å². The number of hydrogen-bond donors (Lipinski definition) is 1. The summed E-state index contributed by atoms with van der Waals surface area (Å²) >= 11 is 7.36. The van der Waals surface area contributed by atoms with Crippen LogP contribution in [0.5, 0.6) is 0 Å². The quantitative estimate of drug-likeness (QED) is 0.636. The molecule has 1 aromatic rings. The van der Waals surface area contributed by atoms with E-state index >= 15 is 0 Å². The predicted octanol–water partition coefficient (Wildman–Crippen LogP) is 3.79. The maximum Gasteiger partial charge on any atom is 0.252 e. The molecule has 1 N–H and O–H groups in total. The van der Waals surface area contributed by atoms with E-state index in [9.17, 15) is 4.79 Å². The smallest absolute Gasteiger partial charge is 0.252 e. The molecule has 2 nitrogen and oxygen atoms in total. The van der Waals surface area contributed by atoms with Gasteiger partial charge < -0.3 is 5.32 Å². The topological polar surface area (TPSA) is 29.1 Å². The van der Waals surface area contributed by atoms with Gasteiger partial charge in [0.15, 0.2) is 0 Å². The molecule has 1 rings (SSSR count). The molecule has 0 spiro atoms. The van der Waals surface area contributed by atoms with E-state index in [1.807, 2.05) is 30.5 Å². The second kappa shape index (κ2) is 7.70. The number of rotatable bonds is 6. The van der Waals surface area contributed by atoms with Gasteiger partial charge in [0.25, 0.3) is 5.91 Å². The van der Waals surface area contributed by atoms with E-state index in [4.69, 9.17) is 11.6 Å². The molecule has 0 aliphatic carbocycles. The fourth-order valence-electron chi connectivity index (χ4n) is 1.77. The largest absolute Gasteiger partial charge is 0.349 e. The first-order valence-electron chi connectivity index (χ1n) is 6.10. The van der Waals surface area contributed by atoms with E-state index in [1.165, 1.54) is 0 Å². The Labute approximate surface area is 118 Å². The minimum absolute atomic E-state index is 0.0104. The first-order chi connectivity index (χ1) is 8.60. The van der Waals surface area contributed by atoms with Crippen LogP contribution >= 0.6 is 23.4 Å². The molecule has 100 valence electrons. The lowest BCUT2D eigenvalue weighted by Gasteiger charge is -2.22. The number of benzene rings is 1. The summed E-state index contributed by atoms with van der Waals surface area (Å²) in [5.41, 5.74) is 0.741. The van der Waals surface area contributed by atoms with Gasteiger partial charge in [0, 0.05) is 16.8 Å². The highest BCUT2D eigenvalue weighted by molar-refractivity contribution is 7.98. The second-order valence-electron chi connectivity index (χ2n) is 4.50. The zero-order valence-electron chi connectivity index (χ0n) is 11.1. The third-order valence-corrected chi connectivity index (χ3v) is 3.91. The third-order valence-electron chi connectivity index (χ3n) is 2.89. The molecule has 0 heterocycles. The van der Waals surface area contributed by atoms with Crippen molar-refractivity contribution in [3.8, 4) is 0 Å². The van der Waals surface area contributed by atoms with Crippen LogP contribution in [0.1, 0.15) is 30.6 Å². The van der Waals surface area contributed by atoms with Crippen LogP contribution in [0.2, 0.25) is 0 Å². The van der Waals surface area contributed by atoms with E-state index in [-0.39, 0.29) is 11.9 Å². The van der Waals surface area contributed by atoms with Gasteiger partial charge in [0.05, 0.1) is 5.56 Å². The molecule has 0 radical (unpaired) electrons. The summed E-state index contributed by atoms with van der Waals surface area (Å²) in [5.74, 6) is 0.936. The van der Waals surface area contributed by atoms with Gasteiger partial charge in [-0.1, -0.05) is 26.0 Å². The zero-order valence-corrected chi connectivity index (χ0v) is 12.6. The SMILES string of the molecule is CSc1ccccc1C(=O)NC(CCCl)C(C)C. The van der Waals surface area contributed by atoms with Gasteiger partial charge in [-0.3, -0.25) is 4.79 Å². The van der Waals surface area contributed by atoms with Crippen LogP contribution in [-0.4, -0.2) is 24.1 Å². The fourth-order valence-corrected chi connectivity index (χ4v) is 2.60. The van der Waals surface area contributed by atoms with E-state index in [0.717, 1.165) is 16.9 Å². The van der Waals surface area contributed by atoms with Crippen molar-refractivity contribution in [2.75, 3.05) is 12.1 Å². The predicted molar refractivity (Wildman–Crippen MR) is 79.7 cm³/mol. The molecular weight excluding hydrogens is 266 g/mol. The lowest BCUT2D eigenvalue weighted by atomic mass is 10.0. The van der Waals surface area contributed by atoms with E-state index in [2.05, 4.69) is 19.2 Å². The Bertz CT molecular complexity index is 395. The molecule has 0 saturated carbocycles. The van der Waals surface area contributed by atoms with Crippen LogP contribution in [-0.2, 0) is 0 Å². The highest BCUT2D eigenvalue weighted by Crippen LogP contribution is 2.20. The summed E-state index contributed by atoms with van der Waals surface area (Å²) in [6, 6.07) is 7.79. The van der Waals surface area contributed by atoms with Gasteiger partial charge >= 0.3 is 0 Å². The number of hydrogen-bond acceptors (Lipinski definition) is 2. The lowest BCUT2D eigenvalue weighted by Crippen LogP contribution is -2.39. The number of halogens is 1. The van der Waals surface area contributed by atoms with E-state index in [0.29, 0.717) is 11.8 Å². The van der Waals surface area contributed by atoms with Gasteiger partial charge in [-0.15, -0.1) is 23.4 Å². The van der Waals surface area contributed by atoms with E-state index < -0.39 is 0 Å². The van der Waals surface area contributed by atoms with Crippen molar-refractivity contribution in [3.63, 3.8) is 0 Å². The number of carbonyl (C=O) groups excluding carboxylic acids is 1. The van der Waals surface area contributed by atoms with Gasteiger partial charge in [0.2, 0.25) is 0 Å². The van der Waals surface area contributed by atoms with Crippen molar-refractivity contribution in [3.05, 3.63) is 29.8 Å². The summed E-state index contributed by atoms with van der Waals surface area (Å²) in [4.78, 5) is 13.2.